The first-order valence-corrected chi connectivity index (χ1v) is 8.52. The van der Waals surface area contributed by atoms with Gasteiger partial charge in [0.1, 0.15) is 6.10 Å². The molecule has 2 aliphatic rings. The zero-order chi connectivity index (χ0) is 16.4. The smallest absolute Gasteiger partial charge is 0.232 e. The summed E-state index contributed by atoms with van der Waals surface area (Å²) in [6.45, 7) is 1.49. The van der Waals surface area contributed by atoms with Crippen LogP contribution in [0.15, 0.2) is 24.9 Å². The van der Waals surface area contributed by atoms with E-state index in [1.807, 2.05) is 4.90 Å². The molecule has 4 rings (SSSR count). The van der Waals surface area contributed by atoms with Crippen LogP contribution in [0.5, 0.6) is 5.88 Å². The van der Waals surface area contributed by atoms with Gasteiger partial charge in [-0.3, -0.25) is 9.78 Å². The Hall–Kier alpha value is -2.44. The van der Waals surface area contributed by atoms with Crippen molar-refractivity contribution in [3.05, 3.63) is 36.3 Å². The highest BCUT2D eigenvalue weighted by Crippen LogP contribution is 2.26. The molecule has 1 unspecified atom stereocenters. The van der Waals surface area contributed by atoms with Gasteiger partial charge in [-0.25, -0.2) is 9.97 Å². The van der Waals surface area contributed by atoms with Crippen molar-refractivity contribution < 1.29 is 9.53 Å². The van der Waals surface area contributed by atoms with E-state index in [-0.39, 0.29) is 17.9 Å². The maximum atomic E-state index is 12.8. The Morgan fingerprint density at radius 3 is 2.88 bits per heavy atom. The lowest BCUT2D eigenvalue weighted by Gasteiger charge is -2.34. The van der Waals surface area contributed by atoms with Crippen molar-refractivity contribution in [3.8, 4) is 5.88 Å². The molecular weight excluding hydrogens is 306 g/mol. The number of fused-ring (bicyclic) bond motifs is 1. The molecule has 0 bridgehead atoms. The van der Waals surface area contributed by atoms with Crippen LogP contribution in [0.1, 0.15) is 30.7 Å². The fraction of sp³-hybridized carbons (Fsp3) is 0.529. The highest BCUT2D eigenvalue weighted by atomic mass is 16.5. The Morgan fingerprint density at radius 1 is 1.21 bits per heavy atom. The van der Waals surface area contributed by atoms with Crippen molar-refractivity contribution in [3.63, 3.8) is 0 Å². The Balaban J connectivity index is 1.30. The number of nitrogens with one attached hydrogen (secondary N) is 1. The van der Waals surface area contributed by atoms with Crippen LogP contribution >= 0.6 is 0 Å². The number of aryl methyl sites for hydroxylation is 1. The molecule has 0 aromatic carbocycles. The van der Waals surface area contributed by atoms with Crippen molar-refractivity contribution in [2.45, 2.75) is 38.2 Å². The molecule has 0 spiro atoms. The average Bonchev–Trinajstić information content (AvgIpc) is 3.10. The number of carbonyl (C=O) groups excluding carboxylic acids is 1. The topological polar surface area (TPSA) is 84.0 Å². The maximum absolute atomic E-state index is 12.8. The third-order valence-corrected chi connectivity index (χ3v) is 4.92. The molecule has 7 heteroatoms. The number of amides is 1. The van der Waals surface area contributed by atoms with Gasteiger partial charge in [0, 0.05) is 56.4 Å². The summed E-state index contributed by atoms with van der Waals surface area (Å²) in [4.78, 5) is 30.4. The summed E-state index contributed by atoms with van der Waals surface area (Å²) in [6, 6.07) is 0. The summed E-state index contributed by atoms with van der Waals surface area (Å²) in [7, 11) is 0. The van der Waals surface area contributed by atoms with E-state index in [0.29, 0.717) is 5.88 Å². The first-order chi connectivity index (χ1) is 11.8. The molecule has 1 amide bonds. The summed E-state index contributed by atoms with van der Waals surface area (Å²) in [5, 5.41) is 0. The molecule has 0 saturated carbocycles. The second-order valence-electron chi connectivity index (χ2n) is 6.45. The lowest BCUT2D eigenvalue weighted by atomic mass is 9.88. The summed E-state index contributed by atoms with van der Waals surface area (Å²) >= 11 is 0. The summed E-state index contributed by atoms with van der Waals surface area (Å²) < 4.78 is 5.84. The number of nitrogens with zero attached hydrogens (tertiary/aromatic N) is 4. The number of aromatic nitrogens is 4. The molecule has 2 aromatic heterocycles. The Bertz CT molecular complexity index is 694. The van der Waals surface area contributed by atoms with Crippen LogP contribution in [0.25, 0.3) is 0 Å². The molecule has 1 saturated heterocycles. The molecular formula is C17H21N5O2. The molecule has 2 aromatic rings. The van der Waals surface area contributed by atoms with Crippen molar-refractivity contribution in [2.24, 2.45) is 5.92 Å². The number of rotatable bonds is 3. The fourth-order valence-corrected chi connectivity index (χ4v) is 3.58. The zero-order valence-electron chi connectivity index (χ0n) is 13.5. The number of H-pyrrole nitrogens is 1. The van der Waals surface area contributed by atoms with E-state index in [4.69, 9.17) is 4.74 Å². The lowest BCUT2D eigenvalue weighted by molar-refractivity contribution is -0.137. The molecule has 7 nitrogen and oxygen atoms in total. The predicted molar refractivity (Wildman–Crippen MR) is 86.4 cm³/mol. The number of aromatic amines is 1. The quantitative estimate of drug-likeness (QED) is 0.920. The molecule has 1 fully saturated rings. The van der Waals surface area contributed by atoms with E-state index in [2.05, 4.69) is 19.9 Å². The van der Waals surface area contributed by atoms with Gasteiger partial charge in [-0.1, -0.05) is 0 Å². The third-order valence-electron chi connectivity index (χ3n) is 4.92. The minimum absolute atomic E-state index is 0.0791. The number of ether oxygens (including phenoxy) is 1. The lowest BCUT2D eigenvalue weighted by Crippen LogP contribution is -2.45. The van der Waals surface area contributed by atoms with E-state index in [0.717, 1.165) is 56.6 Å². The summed E-state index contributed by atoms with van der Waals surface area (Å²) in [5.74, 6) is 0.907. The third kappa shape index (κ3) is 3.11. The van der Waals surface area contributed by atoms with Crippen LogP contribution in [0, 0.1) is 5.92 Å². The van der Waals surface area contributed by atoms with Gasteiger partial charge in [-0.05, 0) is 12.8 Å². The number of piperidine rings is 1. The fourth-order valence-electron chi connectivity index (χ4n) is 3.58. The van der Waals surface area contributed by atoms with Gasteiger partial charge >= 0.3 is 0 Å². The van der Waals surface area contributed by atoms with Crippen LogP contribution in [-0.4, -0.2) is 49.9 Å². The largest absolute Gasteiger partial charge is 0.473 e. The highest BCUT2D eigenvalue weighted by molar-refractivity contribution is 5.79. The normalized spacial score (nSPS) is 21.3. The van der Waals surface area contributed by atoms with E-state index in [9.17, 15) is 4.79 Å². The number of hydrogen-bond donors (Lipinski definition) is 1. The standard InChI is InChI=1S/C17H21N5O2/c23-17(12-1-2-14-15(9-12)21-11-20-14)22-7-3-13(4-8-22)24-16-10-18-5-6-19-16/h5-6,10-13H,1-4,7-9H2,(H,20,21). The molecule has 24 heavy (non-hydrogen) atoms. The number of carbonyl (C=O) groups is 1. The average molecular weight is 327 g/mol. The molecule has 1 N–H and O–H groups in total. The first-order valence-electron chi connectivity index (χ1n) is 8.52. The second kappa shape index (κ2) is 6.59. The highest BCUT2D eigenvalue weighted by Gasteiger charge is 2.32. The van der Waals surface area contributed by atoms with E-state index in [1.165, 1.54) is 0 Å². The van der Waals surface area contributed by atoms with Crippen molar-refractivity contribution >= 4 is 5.91 Å². The van der Waals surface area contributed by atoms with Crippen LogP contribution < -0.4 is 4.74 Å². The van der Waals surface area contributed by atoms with E-state index >= 15 is 0 Å². The van der Waals surface area contributed by atoms with Crippen LogP contribution in [0.2, 0.25) is 0 Å². The Morgan fingerprint density at radius 2 is 2.08 bits per heavy atom. The SMILES string of the molecule is O=C(C1CCc2nc[nH]c2C1)N1CCC(Oc2cnccn2)CC1. The number of likely N-dealkylation sites (tertiary alicyclic amines) is 1. The van der Waals surface area contributed by atoms with Gasteiger partial charge in [0.15, 0.2) is 0 Å². The second-order valence-corrected chi connectivity index (χ2v) is 6.45. The van der Waals surface area contributed by atoms with Crippen molar-refractivity contribution in [1.82, 2.24) is 24.8 Å². The molecule has 0 radical (unpaired) electrons. The first kappa shape index (κ1) is 15.1. The van der Waals surface area contributed by atoms with Crippen LogP contribution in [0.4, 0.5) is 0 Å². The minimum atomic E-state index is 0.0791. The monoisotopic (exact) mass is 327 g/mol. The molecule has 1 aliphatic carbocycles. The maximum Gasteiger partial charge on any atom is 0.232 e. The predicted octanol–water partition coefficient (Wildman–Crippen LogP) is 1.37. The summed E-state index contributed by atoms with van der Waals surface area (Å²) in [6.07, 6.45) is 11.0. The molecule has 3 heterocycles. The number of imidazole rings is 1. The number of hydrogen-bond acceptors (Lipinski definition) is 5. The van der Waals surface area contributed by atoms with Gasteiger partial charge in [0.25, 0.3) is 0 Å². The van der Waals surface area contributed by atoms with E-state index in [1.54, 1.807) is 24.9 Å². The van der Waals surface area contributed by atoms with Crippen LogP contribution in [-0.2, 0) is 17.6 Å². The minimum Gasteiger partial charge on any atom is -0.473 e. The van der Waals surface area contributed by atoms with Gasteiger partial charge in [0.2, 0.25) is 11.8 Å². The Kier molecular flexibility index (Phi) is 4.15. The molecule has 126 valence electrons. The van der Waals surface area contributed by atoms with Gasteiger partial charge in [-0.2, -0.15) is 0 Å². The van der Waals surface area contributed by atoms with Crippen molar-refractivity contribution in [1.29, 1.82) is 0 Å². The van der Waals surface area contributed by atoms with Crippen LogP contribution in [0.3, 0.4) is 0 Å². The zero-order valence-corrected chi connectivity index (χ0v) is 13.5. The molecule has 1 aliphatic heterocycles. The van der Waals surface area contributed by atoms with Gasteiger partial charge < -0.3 is 14.6 Å². The molecule has 1 atom stereocenters. The Labute approximate surface area is 140 Å². The van der Waals surface area contributed by atoms with E-state index < -0.39 is 0 Å². The summed E-state index contributed by atoms with van der Waals surface area (Å²) in [5.41, 5.74) is 2.25. The van der Waals surface area contributed by atoms with Gasteiger partial charge in [0.05, 0.1) is 18.2 Å². The van der Waals surface area contributed by atoms with Gasteiger partial charge in [-0.15, -0.1) is 0 Å². The van der Waals surface area contributed by atoms with Crippen molar-refractivity contribution in [2.75, 3.05) is 13.1 Å².